The molecule has 7 heteroatoms. The van der Waals surface area contributed by atoms with Gasteiger partial charge in [-0.15, -0.1) is 0 Å². The minimum atomic E-state index is -0.292. The molecule has 31 heavy (non-hydrogen) atoms. The van der Waals surface area contributed by atoms with Gasteiger partial charge in [-0.05, 0) is 36.0 Å². The van der Waals surface area contributed by atoms with Crippen molar-refractivity contribution >= 4 is 46.6 Å². The van der Waals surface area contributed by atoms with Gasteiger partial charge in [-0.25, -0.2) is 0 Å². The van der Waals surface area contributed by atoms with Crippen LogP contribution in [0.4, 0.5) is 11.4 Å². The lowest BCUT2D eigenvalue weighted by Crippen LogP contribution is -2.50. The van der Waals surface area contributed by atoms with Gasteiger partial charge in [0, 0.05) is 38.2 Å². The number of carbonyl (C=O) groups is 2. The largest absolute Gasteiger partial charge is 0.366 e. The van der Waals surface area contributed by atoms with Gasteiger partial charge in [0.25, 0.3) is 0 Å². The van der Waals surface area contributed by atoms with Crippen molar-refractivity contribution in [3.63, 3.8) is 0 Å². The topological polar surface area (TPSA) is 64.7 Å². The Bertz CT molecular complexity index is 951. The molecule has 2 aromatic carbocycles. The van der Waals surface area contributed by atoms with Gasteiger partial charge < -0.3 is 15.1 Å². The fourth-order valence-electron chi connectivity index (χ4n) is 3.43. The third-order valence-electron chi connectivity index (χ3n) is 5.04. The van der Waals surface area contributed by atoms with Gasteiger partial charge in [0.2, 0.25) is 11.8 Å². The predicted molar refractivity (Wildman–Crippen MR) is 130 cm³/mol. The number of nitrogens with zero attached hydrogens (tertiary/aromatic N) is 2. The Kier molecular flexibility index (Phi) is 7.78. The molecule has 1 fully saturated rings. The fourth-order valence-corrected chi connectivity index (χ4v) is 3.64. The van der Waals surface area contributed by atoms with E-state index in [0.29, 0.717) is 13.1 Å². The van der Waals surface area contributed by atoms with Gasteiger partial charge in [-0.1, -0.05) is 56.3 Å². The maximum atomic E-state index is 12.2. The minimum absolute atomic E-state index is 0.0115. The summed E-state index contributed by atoms with van der Waals surface area (Å²) in [5, 5.41) is 6.06. The molecule has 0 atom stereocenters. The molecule has 0 saturated carbocycles. The van der Waals surface area contributed by atoms with Crippen LogP contribution >= 0.6 is 12.2 Å². The molecule has 1 heterocycles. The molecule has 2 N–H and O–H groups in total. The molecule has 6 nitrogen and oxygen atoms in total. The highest BCUT2D eigenvalue weighted by Crippen LogP contribution is 2.26. The third kappa shape index (κ3) is 6.39. The number of hydrogen-bond acceptors (Lipinski definition) is 4. The summed E-state index contributed by atoms with van der Waals surface area (Å²) in [6.07, 6.45) is 3.20. The summed E-state index contributed by atoms with van der Waals surface area (Å²) in [5.41, 5.74) is 2.76. The van der Waals surface area contributed by atoms with Crippen LogP contribution in [0.2, 0.25) is 0 Å². The lowest BCUT2D eigenvalue weighted by atomic mass is 10.1. The molecule has 2 amide bonds. The van der Waals surface area contributed by atoms with Crippen LogP contribution in [-0.2, 0) is 9.59 Å². The van der Waals surface area contributed by atoms with Crippen LogP contribution in [0.3, 0.4) is 0 Å². The highest BCUT2D eigenvalue weighted by molar-refractivity contribution is 7.80. The third-order valence-corrected chi connectivity index (χ3v) is 5.25. The second kappa shape index (κ2) is 10.7. The molecule has 0 unspecified atom stereocenters. The number of piperazine rings is 1. The van der Waals surface area contributed by atoms with E-state index < -0.39 is 0 Å². The normalized spacial score (nSPS) is 14.0. The van der Waals surface area contributed by atoms with Crippen molar-refractivity contribution < 1.29 is 9.59 Å². The molecule has 0 aromatic heterocycles. The fraction of sp³-hybridized carbons (Fsp3) is 0.292. The standard InChI is InChI=1S/C24H28N4O2S/c1-18(2)23(30)28-16-14-27(15-17-28)21-11-7-6-10-20(21)25-24(31)26-22(29)13-12-19-8-4-3-5-9-19/h3-13,18H,14-17H2,1-2H3,(H2,25,26,29,31). The van der Waals surface area contributed by atoms with Crippen LogP contribution in [0.25, 0.3) is 6.08 Å². The molecule has 0 bridgehead atoms. The van der Waals surface area contributed by atoms with Crippen molar-refractivity contribution in [3.05, 3.63) is 66.2 Å². The SMILES string of the molecule is CC(C)C(=O)N1CCN(c2ccccc2NC(=S)NC(=O)C=Cc2ccccc2)CC1. The number of carbonyl (C=O) groups excluding carboxylic acids is 2. The quantitative estimate of drug-likeness (QED) is 0.555. The van der Waals surface area contributed by atoms with E-state index in [1.165, 1.54) is 6.08 Å². The summed E-state index contributed by atoms with van der Waals surface area (Å²) >= 11 is 5.34. The maximum Gasteiger partial charge on any atom is 0.250 e. The van der Waals surface area contributed by atoms with Crippen LogP contribution in [-0.4, -0.2) is 48.0 Å². The molecule has 1 aliphatic rings. The average molecular weight is 437 g/mol. The zero-order valence-electron chi connectivity index (χ0n) is 17.9. The molecule has 1 saturated heterocycles. The molecule has 162 valence electrons. The van der Waals surface area contributed by atoms with E-state index in [1.54, 1.807) is 6.08 Å². The highest BCUT2D eigenvalue weighted by Gasteiger charge is 2.24. The van der Waals surface area contributed by atoms with Gasteiger partial charge in [0.1, 0.15) is 0 Å². The second-order valence-corrected chi connectivity index (χ2v) is 8.08. The Morgan fingerprint density at radius 2 is 1.61 bits per heavy atom. The van der Waals surface area contributed by atoms with E-state index in [-0.39, 0.29) is 22.8 Å². The van der Waals surface area contributed by atoms with Crippen LogP contribution < -0.4 is 15.5 Å². The minimum Gasteiger partial charge on any atom is -0.366 e. The van der Waals surface area contributed by atoms with Crippen molar-refractivity contribution in [2.24, 2.45) is 5.92 Å². The molecule has 3 rings (SSSR count). The summed E-state index contributed by atoms with van der Waals surface area (Å²) in [7, 11) is 0. The van der Waals surface area contributed by atoms with Gasteiger partial charge in [0.15, 0.2) is 5.11 Å². The number of anilines is 2. The Hall–Kier alpha value is -3.19. The first-order valence-electron chi connectivity index (χ1n) is 10.4. The Balaban J connectivity index is 1.58. The van der Waals surface area contributed by atoms with Crippen molar-refractivity contribution in [2.45, 2.75) is 13.8 Å². The zero-order chi connectivity index (χ0) is 22.2. The van der Waals surface area contributed by atoms with Gasteiger partial charge in [-0.3, -0.25) is 14.9 Å². The van der Waals surface area contributed by atoms with Crippen LogP contribution in [0.1, 0.15) is 19.4 Å². The van der Waals surface area contributed by atoms with E-state index in [1.807, 2.05) is 73.3 Å². The summed E-state index contributed by atoms with van der Waals surface area (Å²) in [5.74, 6) is -0.0874. The zero-order valence-corrected chi connectivity index (χ0v) is 18.7. The van der Waals surface area contributed by atoms with Crippen molar-refractivity contribution in [3.8, 4) is 0 Å². The van der Waals surface area contributed by atoms with E-state index in [4.69, 9.17) is 12.2 Å². The van der Waals surface area contributed by atoms with Gasteiger partial charge in [-0.2, -0.15) is 0 Å². The first-order chi connectivity index (χ1) is 14.9. The first kappa shape index (κ1) is 22.5. The second-order valence-electron chi connectivity index (χ2n) is 7.67. The molecule has 1 aliphatic heterocycles. The van der Waals surface area contributed by atoms with Gasteiger partial charge >= 0.3 is 0 Å². The number of para-hydroxylation sites is 2. The van der Waals surface area contributed by atoms with Crippen molar-refractivity contribution in [1.29, 1.82) is 0 Å². The Morgan fingerprint density at radius 1 is 0.968 bits per heavy atom. The molecule has 0 spiro atoms. The van der Waals surface area contributed by atoms with E-state index >= 15 is 0 Å². The lowest BCUT2D eigenvalue weighted by molar-refractivity contribution is -0.134. The van der Waals surface area contributed by atoms with Gasteiger partial charge in [0.05, 0.1) is 11.4 Å². The molecular weight excluding hydrogens is 408 g/mol. The van der Waals surface area contributed by atoms with E-state index in [2.05, 4.69) is 15.5 Å². The number of hydrogen-bond donors (Lipinski definition) is 2. The number of thiocarbonyl (C=S) groups is 1. The smallest absolute Gasteiger partial charge is 0.250 e. The molecule has 0 radical (unpaired) electrons. The monoisotopic (exact) mass is 436 g/mol. The average Bonchev–Trinajstić information content (AvgIpc) is 2.78. The van der Waals surface area contributed by atoms with E-state index in [0.717, 1.165) is 30.0 Å². The molecular formula is C24H28N4O2S. The maximum absolute atomic E-state index is 12.2. The first-order valence-corrected chi connectivity index (χ1v) is 10.8. The van der Waals surface area contributed by atoms with Crippen LogP contribution in [0.15, 0.2) is 60.7 Å². The van der Waals surface area contributed by atoms with Crippen molar-refractivity contribution in [1.82, 2.24) is 10.2 Å². The highest BCUT2D eigenvalue weighted by atomic mass is 32.1. The number of rotatable bonds is 5. The summed E-state index contributed by atoms with van der Waals surface area (Å²) < 4.78 is 0. The van der Waals surface area contributed by atoms with Crippen LogP contribution in [0, 0.1) is 5.92 Å². The number of amides is 2. The number of nitrogens with one attached hydrogen (secondary N) is 2. The Labute approximate surface area is 188 Å². The van der Waals surface area contributed by atoms with Crippen molar-refractivity contribution in [2.75, 3.05) is 36.4 Å². The summed E-state index contributed by atoms with van der Waals surface area (Å²) in [6.45, 7) is 6.73. The predicted octanol–water partition coefficient (Wildman–Crippen LogP) is 3.52. The summed E-state index contributed by atoms with van der Waals surface area (Å²) in [6, 6.07) is 17.4. The molecule has 0 aliphatic carbocycles. The summed E-state index contributed by atoms with van der Waals surface area (Å²) in [4.78, 5) is 28.6. The molecule has 2 aromatic rings. The van der Waals surface area contributed by atoms with Crippen LogP contribution in [0.5, 0.6) is 0 Å². The lowest BCUT2D eigenvalue weighted by Gasteiger charge is -2.37. The Morgan fingerprint density at radius 3 is 2.29 bits per heavy atom. The number of benzene rings is 2. The van der Waals surface area contributed by atoms with E-state index in [9.17, 15) is 9.59 Å².